The van der Waals surface area contributed by atoms with Crippen molar-refractivity contribution in [3.63, 3.8) is 0 Å². The summed E-state index contributed by atoms with van der Waals surface area (Å²) in [5, 5.41) is 2.95. The smallest absolute Gasteiger partial charge is 0.261 e. The number of carbonyl (C=O) groups excluding carboxylic acids is 1. The number of carbonyl (C=O) groups is 1. The number of fused-ring (bicyclic) bond motifs is 1. The molecule has 4 rings (SSSR count). The third-order valence-corrected chi connectivity index (χ3v) is 5.66. The van der Waals surface area contributed by atoms with Crippen LogP contribution < -0.4 is 19.5 Å². The zero-order valence-electron chi connectivity index (χ0n) is 14.6. The second kappa shape index (κ2) is 7.55. The van der Waals surface area contributed by atoms with Crippen LogP contribution in [0.3, 0.4) is 0 Å². The second-order valence-electron chi connectivity index (χ2n) is 6.19. The summed E-state index contributed by atoms with van der Waals surface area (Å²) < 4.78 is 22.3. The summed E-state index contributed by atoms with van der Waals surface area (Å²) in [7, 11) is 1.60. The average molecular weight is 375 g/mol. The van der Waals surface area contributed by atoms with Crippen molar-refractivity contribution in [2.45, 2.75) is 25.5 Å². The summed E-state index contributed by atoms with van der Waals surface area (Å²) in [5.74, 6) is 1.91. The minimum Gasteiger partial charge on any atom is -0.496 e. The number of benzene rings is 1. The van der Waals surface area contributed by atoms with Crippen LogP contribution in [0.2, 0.25) is 0 Å². The summed E-state index contributed by atoms with van der Waals surface area (Å²) in [6.07, 6.45) is 2.24. The molecule has 1 aromatic carbocycles. The predicted octanol–water partition coefficient (Wildman–Crippen LogP) is 3.31. The Balaban J connectivity index is 1.44. The van der Waals surface area contributed by atoms with E-state index in [0.717, 1.165) is 29.9 Å². The highest BCUT2D eigenvalue weighted by atomic mass is 32.1. The third-order valence-electron chi connectivity index (χ3n) is 4.48. The Hall–Kier alpha value is -2.25. The van der Waals surface area contributed by atoms with Gasteiger partial charge in [0.2, 0.25) is 0 Å². The van der Waals surface area contributed by atoms with Crippen LogP contribution in [-0.2, 0) is 11.3 Å². The quantitative estimate of drug-likeness (QED) is 0.869. The molecule has 6 nitrogen and oxygen atoms in total. The molecule has 1 saturated heterocycles. The fourth-order valence-corrected chi connectivity index (χ4v) is 4.16. The fraction of sp³-hybridized carbons (Fsp3) is 0.421. The van der Waals surface area contributed by atoms with Crippen LogP contribution in [0.4, 0.5) is 0 Å². The van der Waals surface area contributed by atoms with E-state index < -0.39 is 0 Å². The molecule has 26 heavy (non-hydrogen) atoms. The van der Waals surface area contributed by atoms with Gasteiger partial charge in [-0.3, -0.25) is 4.79 Å². The molecule has 1 fully saturated rings. The van der Waals surface area contributed by atoms with Gasteiger partial charge in [0, 0.05) is 29.7 Å². The van der Waals surface area contributed by atoms with Crippen LogP contribution in [0.1, 0.15) is 39.1 Å². The van der Waals surface area contributed by atoms with Crippen LogP contribution in [0, 0.1) is 0 Å². The molecule has 7 heteroatoms. The van der Waals surface area contributed by atoms with Crippen molar-refractivity contribution >= 4 is 17.2 Å². The highest BCUT2D eigenvalue weighted by Crippen LogP contribution is 2.37. The number of hydrogen-bond donors (Lipinski definition) is 1. The van der Waals surface area contributed by atoms with Gasteiger partial charge in [-0.15, -0.1) is 11.3 Å². The molecule has 1 aromatic heterocycles. The monoisotopic (exact) mass is 375 g/mol. The molecule has 1 N–H and O–H groups in total. The van der Waals surface area contributed by atoms with Crippen molar-refractivity contribution in [3.05, 3.63) is 39.6 Å². The normalized spacial score (nSPS) is 18.6. The maximum Gasteiger partial charge on any atom is 0.261 e. The summed E-state index contributed by atoms with van der Waals surface area (Å²) in [6, 6.07) is 7.51. The summed E-state index contributed by atoms with van der Waals surface area (Å²) >= 11 is 1.49. The molecule has 2 aliphatic rings. The lowest BCUT2D eigenvalue weighted by atomic mass is 10.1. The van der Waals surface area contributed by atoms with Crippen molar-refractivity contribution in [1.82, 2.24) is 5.32 Å². The Morgan fingerprint density at radius 2 is 2.04 bits per heavy atom. The van der Waals surface area contributed by atoms with E-state index in [4.69, 9.17) is 18.9 Å². The van der Waals surface area contributed by atoms with E-state index in [9.17, 15) is 4.79 Å². The first kappa shape index (κ1) is 17.2. The van der Waals surface area contributed by atoms with E-state index in [1.54, 1.807) is 13.2 Å². The topological polar surface area (TPSA) is 66.0 Å². The van der Waals surface area contributed by atoms with Crippen LogP contribution >= 0.6 is 11.3 Å². The van der Waals surface area contributed by atoms with Crippen LogP contribution in [0.5, 0.6) is 17.2 Å². The molecule has 0 unspecified atom stereocenters. The summed E-state index contributed by atoms with van der Waals surface area (Å²) in [6.45, 7) is 2.20. The van der Waals surface area contributed by atoms with Gasteiger partial charge in [-0.2, -0.15) is 0 Å². The Morgan fingerprint density at radius 1 is 1.23 bits per heavy atom. The fourth-order valence-electron chi connectivity index (χ4n) is 3.15. The summed E-state index contributed by atoms with van der Waals surface area (Å²) in [5.41, 5.74) is 0.848. The van der Waals surface area contributed by atoms with Crippen LogP contribution in [0.15, 0.2) is 24.3 Å². The maximum atomic E-state index is 12.5. The second-order valence-corrected chi connectivity index (χ2v) is 7.31. The standard InChI is InChI=1S/C19H21NO5S/c1-22-14-10-16-15(24-7-8-25-16)9-12(14)11-20-19(21)18-5-4-17(26-18)13-3-2-6-23-13/h4-5,9-10,13H,2-3,6-8,11H2,1H3,(H,20,21)/t13-/m1/s1. The molecule has 138 valence electrons. The number of amides is 1. The predicted molar refractivity (Wildman–Crippen MR) is 97.4 cm³/mol. The Bertz CT molecular complexity index is 797. The Kier molecular flexibility index (Phi) is 4.99. The lowest BCUT2D eigenvalue weighted by Gasteiger charge is -2.20. The van der Waals surface area contributed by atoms with Crippen LogP contribution in [0.25, 0.3) is 0 Å². The molecular weight excluding hydrogens is 354 g/mol. The number of hydrogen-bond acceptors (Lipinski definition) is 6. The molecule has 1 amide bonds. The highest BCUT2D eigenvalue weighted by Gasteiger charge is 2.21. The van der Waals surface area contributed by atoms with Gasteiger partial charge >= 0.3 is 0 Å². The first-order valence-corrected chi connectivity index (χ1v) is 9.52. The van der Waals surface area contributed by atoms with Gasteiger partial charge in [-0.25, -0.2) is 0 Å². The molecule has 0 spiro atoms. The molecule has 2 aromatic rings. The molecule has 0 radical (unpaired) electrons. The number of methoxy groups -OCH3 is 1. The molecule has 0 bridgehead atoms. The zero-order chi connectivity index (χ0) is 17.9. The number of nitrogens with one attached hydrogen (secondary N) is 1. The lowest BCUT2D eigenvalue weighted by molar-refractivity contribution is 0.0954. The minimum atomic E-state index is -0.101. The van der Waals surface area contributed by atoms with Crippen molar-refractivity contribution in [2.24, 2.45) is 0 Å². The van der Waals surface area contributed by atoms with Crippen molar-refractivity contribution in [1.29, 1.82) is 0 Å². The van der Waals surface area contributed by atoms with Crippen molar-refractivity contribution < 1.29 is 23.7 Å². The molecule has 1 atom stereocenters. The third kappa shape index (κ3) is 3.50. The molecule has 2 aliphatic heterocycles. The largest absolute Gasteiger partial charge is 0.496 e. The zero-order valence-corrected chi connectivity index (χ0v) is 15.4. The van der Waals surface area contributed by atoms with Gasteiger partial charge in [-0.1, -0.05) is 0 Å². The van der Waals surface area contributed by atoms with Gasteiger partial charge in [0.15, 0.2) is 11.5 Å². The van der Waals surface area contributed by atoms with E-state index in [-0.39, 0.29) is 12.0 Å². The average Bonchev–Trinajstić information content (AvgIpc) is 3.36. The van der Waals surface area contributed by atoms with Crippen LogP contribution in [-0.4, -0.2) is 32.8 Å². The number of thiophene rings is 1. The van der Waals surface area contributed by atoms with Crippen molar-refractivity contribution in [2.75, 3.05) is 26.9 Å². The van der Waals surface area contributed by atoms with Gasteiger partial charge in [-0.05, 0) is 31.0 Å². The van der Waals surface area contributed by atoms with E-state index in [1.165, 1.54) is 11.3 Å². The Labute approximate surface area is 156 Å². The molecule has 0 aliphatic carbocycles. The minimum absolute atomic E-state index is 0.101. The number of ether oxygens (including phenoxy) is 4. The highest BCUT2D eigenvalue weighted by molar-refractivity contribution is 7.14. The molecule has 3 heterocycles. The van der Waals surface area contributed by atoms with Gasteiger partial charge < -0.3 is 24.3 Å². The van der Waals surface area contributed by atoms with E-state index >= 15 is 0 Å². The molecule has 0 saturated carbocycles. The first-order valence-electron chi connectivity index (χ1n) is 8.70. The van der Waals surface area contributed by atoms with Crippen molar-refractivity contribution in [3.8, 4) is 17.2 Å². The van der Waals surface area contributed by atoms with E-state index in [2.05, 4.69) is 5.32 Å². The van der Waals surface area contributed by atoms with E-state index in [1.807, 2.05) is 18.2 Å². The first-order chi connectivity index (χ1) is 12.7. The summed E-state index contributed by atoms with van der Waals surface area (Å²) in [4.78, 5) is 14.3. The molecular formula is C19H21NO5S. The maximum absolute atomic E-state index is 12.5. The SMILES string of the molecule is COc1cc2c(cc1CNC(=O)c1ccc([C@H]3CCCO3)s1)OCCO2. The van der Waals surface area contributed by atoms with Gasteiger partial charge in [0.25, 0.3) is 5.91 Å². The van der Waals surface area contributed by atoms with Gasteiger partial charge in [0.05, 0.1) is 18.1 Å². The lowest BCUT2D eigenvalue weighted by Crippen LogP contribution is -2.22. The van der Waals surface area contributed by atoms with Gasteiger partial charge in [0.1, 0.15) is 19.0 Å². The van der Waals surface area contributed by atoms with E-state index in [0.29, 0.717) is 41.9 Å². The number of rotatable bonds is 5. The Morgan fingerprint density at radius 3 is 2.77 bits per heavy atom.